The Kier molecular flexibility index (Phi) is 10.3. The molecule has 0 bridgehead atoms. The van der Waals surface area contributed by atoms with Crippen LogP contribution in [0.15, 0.2) is 12.1 Å². The largest absolute Gasteiger partial charge is 0.493 e. The molecule has 1 aliphatic carbocycles. The first-order valence-electron chi connectivity index (χ1n) is 15.8. The van der Waals surface area contributed by atoms with Crippen LogP contribution >= 0.6 is 0 Å². The third-order valence-corrected chi connectivity index (χ3v) is 9.32. The standard InChI is InChI=1S/C32H49N3O7/c1-32(2,22-9-14-40-15-10-22)34-30(37)25-18-33-19-26(29(25)36)31(38)35(23-7-8-23)20-21-16-27-24(6-4-12-41-27)28(17-21)42-13-5-11-39-3/h16-17,22-23,25-26,29,33,36H,4-15,18-20H2,1-3H3,(H,34,37). The van der Waals surface area contributed by atoms with Crippen molar-refractivity contribution in [1.82, 2.24) is 15.5 Å². The number of rotatable bonds is 12. The first-order valence-corrected chi connectivity index (χ1v) is 15.8. The van der Waals surface area contributed by atoms with E-state index in [1.807, 2.05) is 30.9 Å². The molecule has 3 atom stereocenters. The molecule has 5 rings (SSSR count). The number of hydrogen-bond acceptors (Lipinski definition) is 8. The van der Waals surface area contributed by atoms with E-state index in [4.69, 9.17) is 18.9 Å². The second kappa shape index (κ2) is 13.9. The van der Waals surface area contributed by atoms with E-state index in [2.05, 4.69) is 10.6 Å². The molecular weight excluding hydrogens is 538 g/mol. The van der Waals surface area contributed by atoms with Crippen LogP contribution in [0, 0.1) is 17.8 Å². The van der Waals surface area contributed by atoms with E-state index in [9.17, 15) is 14.7 Å². The zero-order valence-electron chi connectivity index (χ0n) is 25.5. The Morgan fingerprint density at radius 1 is 1.10 bits per heavy atom. The Morgan fingerprint density at radius 2 is 1.86 bits per heavy atom. The summed E-state index contributed by atoms with van der Waals surface area (Å²) in [5.74, 6) is 0.235. The lowest BCUT2D eigenvalue weighted by molar-refractivity contribution is -0.146. The van der Waals surface area contributed by atoms with Gasteiger partial charge < -0.3 is 39.6 Å². The average Bonchev–Trinajstić information content (AvgIpc) is 3.83. The molecule has 2 amide bonds. The quantitative estimate of drug-likeness (QED) is 0.319. The van der Waals surface area contributed by atoms with Gasteiger partial charge >= 0.3 is 0 Å². The van der Waals surface area contributed by atoms with Crippen molar-refractivity contribution in [3.63, 3.8) is 0 Å². The summed E-state index contributed by atoms with van der Waals surface area (Å²) in [5.41, 5.74) is 1.61. The highest BCUT2D eigenvalue weighted by Crippen LogP contribution is 2.37. The van der Waals surface area contributed by atoms with E-state index in [0.717, 1.165) is 67.6 Å². The van der Waals surface area contributed by atoms with Gasteiger partial charge in [-0.3, -0.25) is 9.59 Å². The predicted molar refractivity (Wildman–Crippen MR) is 157 cm³/mol. The van der Waals surface area contributed by atoms with Crippen molar-refractivity contribution < 1.29 is 33.6 Å². The Bertz CT molecular complexity index is 1090. The molecule has 1 saturated carbocycles. The molecule has 0 radical (unpaired) electrons. The van der Waals surface area contributed by atoms with Crippen LogP contribution in [0.25, 0.3) is 0 Å². The molecule has 3 N–H and O–H groups in total. The first kappa shape index (κ1) is 31.0. The minimum absolute atomic E-state index is 0.111. The van der Waals surface area contributed by atoms with E-state index in [1.54, 1.807) is 7.11 Å². The third kappa shape index (κ3) is 7.38. The van der Waals surface area contributed by atoms with E-state index in [1.165, 1.54) is 0 Å². The number of hydrogen-bond donors (Lipinski definition) is 3. The molecular formula is C32H49N3O7. The van der Waals surface area contributed by atoms with Crippen molar-refractivity contribution in [1.29, 1.82) is 0 Å². The smallest absolute Gasteiger partial charge is 0.230 e. The number of nitrogens with one attached hydrogen (secondary N) is 2. The molecule has 3 heterocycles. The topological polar surface area (TPSA) is 119 Å². The van der Waals surface area contributed by atoms with Crippen LogP contribution in [0.2, 0.25) is 0 Å². The Labute approximate surface area is 249 Å². The van der Waals surface area contributed by atoms with Crippen molar-refractivity contribution in [2.24, 2.45) is 17.8 Å². The van der Waals surface area contributed by atoms with Crippen molar-refractivity contribution in [3.05, 3.63) is 23.3 Å². The number of ether oxygens (including phenoxy) is 4. The molecule has 3 fully saturated rings. The van der Waals surface area contributed by atoms with Gasteiger partial charge in [0.2, 0.25) is 11.8 Å². The summed E-state index contributed by atoms with van der Waals surface area (Å²) in [4.78, 5) is 29.3. The fourth-order valence-corrected chi connectivity index (χ4v) is 6.60. The summed E-state index contributed by atoms with van der Waals surface area (Å²) in [6.45, 7) is 8.41. The molecule has 234 valence electrons. The number of nitrogens with zero attached hydrogens (tertiary/aromatic N) is 1. The second-order valence-electron chi connectivity index (χ2n) is 12.9. The van der Waals surface area contributed by atoms with Crippen molar-refractivity contribution in [3.8, 4) is 11.5 Å². The average molecular weight is 588 g/mol. The maximum Gasteiger partial charge on any atom is 0.230 e. The van der Waals surface area contributed by atoms with Crippen molar-refractivity contribution in [2.75, 3.05) is 53.2 Å². The predicted octanol–water partition coefficient (Wildman–Crippen LogP) is 2.44. The molecule has 1 aromatic rings. The highest BCUT2D eigenvalue weighted by atomic mass is 16.5. The van der Waals surface area contributed by atoms with E-state index in [-0.39, 0.29) is 17.9 Å². The summed E-state index contributed by atoms with van der Waals surface area (Å²) in [6.07, 6.45) is 5.23. The fraction of sp³-hybridized carbons (Fsp3) is 0.750. The van der Waals surface area contributed by atoms with E-state index >= 15 is 0 Å². The summed E-state index contributed by atoms with van der Waals surface area (Å²) in [6, 6.07) is 4.20. The molecule has 10 heteroatoms. The maximum atomic E-state index is 14.0. The van der Waals surface area contributed by atoms with Gasteiger partial charge in [0.25, 0.3) is 0 Å². The Morgan fingerprint density at radius 3 is 2.60 bits per heavy atom. The lowest BCUT2D eigenvalue weighted by Crippen LogP contribution is -2.60. The van der Waals surface area contributed by atoms with Gasteiger partial charge in [0.1, 0.15) is 11.5 Å². The number of benzene rings is 1. The number of carbonyl (C=O) groups is 2. The van der Waals surface area contributed by atoms with Gasteiger partial charge in [-0.1, -0.05) is 0 Å². The van der Waals surface area contributed by atoms with Crippen LogP contribution in [-0.4, -0.2) is 92.7 Å². The van der Waals surface area contributed by atoms with Crippen LogP contribution in [-0.2, 0) is 32.0 Å². The summed E-state index contributed by atoms with van der Waals surface area (Å²) in [5, 5.41) is 17.9. The number of piperidine rings is 1. The number of aliphatic hydroxyl groups excluding tert-OH is 1. The number of methoxy groups -OCH3 is 1. The van der Waals surface area contributed by atoms with Gasteiger partial charge in [0, 0.05) is 70.1 Å². The van der Waals surface area contributed by atoms with Gasteiger partial charge in [0.05, 0.1) is 31.2 Å². The normalized spacial score (nSPS) is 24.8. The lowest BCUT2D eigenvalue weighted by atomic mass is 9.80. The highest BCUT2D eigenvalue weighted by Gasteiger charge is 2.45. The molecule has 3 aliphatic heterocycles. The molecule has 0 aromatic heterocycles. The second-order valence-corrected chi connectivity index (χ2v) is 12.9. The summed E-state index contributed by atoms with van der Waals surface area (Å²) < 4.78 is 22.8. The molecule has 0 spiro atoms. The summed E-state index contributed by atoms with van der Waals surface area (Å²) in [7, 11) is 1.68. The lowest BCUT2D eigenvalue weighted by Gasteiger charge is -2.41. The zero-order chi connectivity index (χ0) is 29.7. The Hall–Kier alpha value is -2.40. The van der Waals surface area contributed by atoms with Gasteiger partial charge in [-0.2, -0.15) is 0 Å². The minimum atomic E-state index is -1.06. The van der Waals surface area contributed by atoms with Crippen molar-refractivity contribution >= 4 is 11.8 Å². The number of carbonyl (C=O) groups excluding carboxylic acids is 2. The van der Waals surface area contributed by atoms with Crippen LogP contribution in [0.3, 0.4) is 0 Å². The van der Waals surface area contributed by atoms with Crippen LogP contribution < -0.4 is 20.1 Å². The first-order chi connectivity index (χ1) is 20.3. The maximum absolute atomic E-state index is 14.0. The SMILES string of the molecule is COCCCOc1cc(CN(C(=O)C2CNCC(C(=O)NC(C)(C)C3CCOCC3)C2O)C2CC2)cc2c1CCCO2. The Balaban J connectivity index is 1.27. The summed E-state index contributed by atoms with van der Waals surface area (Å²) >= 11 is 0. The third-order valence-electron chi connectivity index (χ3n) is 9.32. The molecule has 2 saturated heterocycles. The fourth-order valence-electron chi connectivity index (χ4n) is 6.60. The highest BCUT2D eigenvalue weighted by molar-refractivity contribution is 5.85. The zero-order valence-corrected chi connectivity index (χ0v) is 25.5. The number of fused-ring (bicyclic) bond motifs is 1. The van der Waals surface area contributed by atoms with E-state index in [0.29, 0.717) is 58.6 Å². The number of aliphatic hydroxyl groups is 1. The number of amides is 2. The van der Waals surface area contributed by atoms with Gasteiger partial charge in [0.15, 0.2) is 0 Å². The van der Waals surface area contributed by atoms with Crippen LogP contribution in [0.1, 0.15) is 63.5 Å². The molecule has 4 aliphatic rings. The molecule has 1 aromatic carbocycles. The van der Waals surface area contributed by atoms with Crippen LogP contribution in [0.5, 0.6) is 11.5 Å². The van der Waals surface area contributed by atoms with E-state index < -0.39 is 23.5 Å². The van der Waals surface area contributed by atoms with Crippen LogP contribution in [0.4, 0.5) is 0 Å². The monoisotopic (exact) mass is 587 g/mol. The van der Waals surface area contributed by atoms with Crippen molar-refractivity contribution in [2.45, 2.75) is 83.0 Å². The molecule has 42 heavy (non-hydrogen) atoms. The molecule has 10 nitrogen and oxygen atoms in total. The van der Waals surface area contributed by atoms with Gasteiger partial charge in [-0.25, -0.2) is 0 Å². The minimum Gasteiger partial charge on any atom is -0.493 e. The van der Waals surface area contributed by atoms with Gasteiger partial charge in [-0.15, -0.1) is 0 Å². The van der Waals surface area contributed by atoms with Gasteiger partial charge in [-0.05, 0) is 76.0 Å². The molecule has 3 unspecified atom stereocenters.